The number of carbonyl (C=O) groups excluding carboxylic acids is 2. The van der Waals surface area contributed by atoms with Gasteiger partial charge in [-0.05, 0) is 30.5 Å². The topological polar surface area (TPSA) is 85.3 Å². The Morgan fingerprint density at radius 2 is 1.96 bits per heavy atom. The summed E-state index contributed by atoms with van der Waals surface area (Å²) in [5, 5.41) is 6.44. The number of hydrogen-bond donors (Lipinski definition) is 2. The maximum absolute atomic E-state index is 12.5. The van der Waals surface area contributed by atoms with E-state index < -0.39 is 12.0 Å². The van der Waals surface area contributed by atoms with Gasteiger partial charge in [0.05, 0.1) is 22.7 Å². The Morgan fingerprint density at radius 3 is 2.64 bits per heavy atom. The van der Waals surface area contributed by atoms with Crippen LogP contribution in [0, 0.1) is 0 Å². The summed E-state index contributed by atoms with van der Waals surface area (Å²) in [6.07, 6.45) is 0.913. The summed E-state index contributed by atoms with van der Waals surface area (Å²) in [4.78, 5) is 24.7. The van der Waals surface area contributed by atoms with Gasteiger partial charge in [0.25, 0.3) is 5.91 Å². The number of thiophene rings is 1. The lowest BCUT2D eigenvalue weighted by atomic mass is 10.2. The second kappa shape index (κ2) is 7.63. The molecule has 0 bridgehead atoms. The molecule has 0 unspecified atom stereocenters. The van der Waals surface area contributed by atoms with Crippen molar-refractivity contribution in [1.82, 2.24) is 20.6 Å². The van der Waals surface area contributed by atoms with E-state index in [9.17, 15) is 9.59 Å². The average Bonchev–Trinajstić information content (AvgIpc) is 3.30. The molecule has 7 nitrogen and oxygen atoms in total. The summed E-state index contributed by atoms with van der Waals surface area (Å²) in [6, 6.07) is 13.3. The number of aromatic nitrogens is 2. The molecule has 3 aromatic rings. The van der Waals surface area contributed by atoms with Crippen molar-refractivity contribution in [2.75, 3.05) is 6.61 Å². The zero-order valence-corrected chi connectivity index (χ0v) is 14.2. The van der Waals surface area contributed by atoms with E-state index in [1.165, 1.54) is 11.3 Å². The third kappa shape index (κ3) is 3.86. The van der Waals surface area contributed by atoms with Gasteiger partial charge in [0.2, 0.25) is 0 Å². The van der Waals surface area contributed by atoms with Crippen LogP contribution in [-0.2, 0) is 4.74 Å². The van der Waals surface area contributed by atoms with Crippen molar-refractivity contribution in [3.8, 4) is 16.3 Å². The zero-order valence-electron chi connectivity index (χ0n) is 13.4. The molecule has 8 heteroatoms. The van der Waals surface area contributed by atoms with E-state index in [0.29, 0.717) is 11.3 Å². The van der Waals surface area contributed by atoms with Gasteiger partial charge in [-0.15, -0.1) is 11.3 Å². The Hall–Kier alpha value is -3.13. The van der Waals surface area contributed by atoms with Crippen molar-refractivity contribution in [1.29, 1.82) is 0 Å². The van der Waals surface area contributed by atoms with Crippen molar-refractivity contribution in [2.24, 2.45) is 0 Å². The molecule has 0 aliphatic rings. The number of amides is 2. The summed E-state index contributed by atoms with van der Waals surface area (Å²) in [5.41, 5.74) is 6.27. The molecule has 2 amide bonds. The SMILES string of the molecule is CCOC(=O)NNC(=O)c1cn(-c2ccccc2)nc1-c1cccs1. The average molecular weight is 356 g/mol. The predicted octanol–water partition coefficient (Wildman–Crippen LogP) is 2.99. The Bertz CT molecular complexity index is 859. The van der Waals surface area contributed by atoms with E-state index in [1.54, 1.807) is 17.8 Å². The molecular weight excluding hydrogens is 340 g/mol. The number of hydrogen-bond acceptors (Lipinski definition) is 5. The van der Waals surface area contributed by atoms with E-state index in [2.05, 4.69) is 16.0 Å². The molecule has 0 aliphatic carbocycles. The zero-order chi connectivity index (χ0) is 17.6. The molecule has 2 N–H and O–H groups in total. The maximum Gasteiger partial charge on any atom is 0.426 e. The normalized spacial score (nSPS) is 10.3. The van der Waals surface area contributed by atoms with Crippen LogP contribution in [0.4, 0.5) is 4.79 Å². The molecule has 0 spiro atoms. The number of hydrazine groups is 1. The first-order valence-electron chi connectivity index (χ1n) is 7.61. The van der Waals surface area contributed by atoms with Crippen LogP contribution in [0.2, 0.25) is 0 Å². The van der Waals surface area contributed by atoms with E-state index in [1.807, 2.05) is 47.8 Å². The first-order valence-corrected chi connectivity index (χ1v) is 8.49. The van der Waals surface area contributed by atoms with Gasteiger partial charge in [0.1, 0.15) is 5.69 Å². The molecule has 2 aromatic heterocycles. The van der Waals surface area contributed by atoms with Gasteiger partial charge in [0.15, 0.2) is 0 Å². The lowest BCUT2D eigenvalue weighted by Crippen LogP contribution is -2.42. The highest BCUT2D eigenvalue weighted by Gasteiger charge is 2.19. The minimum atomic E-state index is -0.719. The monoisotopic (exact) mass is 356 g/mol. The molecule has 0 atom stereocenters. The van der Waals surface area contributed by atoms with Crippen molar-refractivity contribution < 1.29 is 14.3 Å². The van der Waals surface area contributed by atoms with Crippen LogP contribution >= 0.6 is 11.3 Å². The van der Waals surface area contributed by atoms with Gasteiger partial charge < -0.3 is 4.74 Å². The maximum atomic E-state index is 12.5. The molecule has 0 saturated heterocycles. The second-order valence-corrected chi connectivity index (χ2v) is 5.90. The smallest absolute Gasteiger partial charge is 0.426 e. The third-order valence-corrected chi connectivity index (χ3v) is 4.16. The van der Waals surface area contributed by atoms with Crippen LogP contribution in [0.3, 0.4) is 0 Å². The Balaban J connectivity index is 1.90. The van der Waals surface area contributed by atoms with E-state index in [-0.39, 0.29) is 6.61 Å². The summed E-state index contributed by atoms with van der Waals surface area (Å²) in [6.45, 7) is 1.90. The molecule has 0 aliphatic heterocycles. The van der Waals surface area contributed by atoms with Gasteiger partial charge in [-0.2, -0.15) is 5.10 Å². The van der Waals surface area contributed by atoms with Gasteiger partial charge in [-0.3, -0.25) is 10.2 Å². The van der Waals surface area contributed by atoms with Gasteiger partial charge in [-0.25, -0.2) is 14.9 Å². The number of benzene rings is 1. The molecule has 0 saturated carbocycles. The second-order valence-electron chi connectivity index (χ2n) is 4.95. The van der Waals surface area contributed by atoms with Crippen molar-refractivity contribution in [3.63, 3.8) is 0 Å². The largest absolute Gasteiger partial charge is 0.449 e. The van der Waals surface area contributed by atoms with Crippen LogP contribution in [0.1, 0.15) is 17.3 Å². The van der Waals surface area contributed by atoms with E-state index in [4.69, 9.17) is 4.74 Å². The Morgan fingerprint density at radius 1 is 1.16 bits per heavy atom. The quantitative estimate of drug-likeness (QED) is 0.704. The van der Waals surface area contributed by atoms with Crippen molar-refractivity contribution >= 4 is 23.3 Å². The summed E-state index contributed by atoms with van der Waals surface area (Å²) < 4.78 is 6.35. The van der Waals surface area contributed by atoms with Crippen LogP contribution in [0.25, 0.3) is 16.3 Å². The lowest BCUT2D eigenvalue weighted by molar-refractivity contribution is 0.0913. The molecule has 25 heavy (non-hydrogen) atoms. The third-order valence-electron chi connectivity index (χ3n) is 3.29. The van der Waals surface area contributed by atoms with Gasteiger partial charge in [-0.1, -0.05) is 24.3 Å². The standard InChI is InChI=1S/C17H16N4O3S/c1-2-24-17(23)19-18-16(22)13-11-21(12-7-4-3-5-8-12)20-15(13)14-9-6-10-25-14/h3-11H,2H2,1H3,(H,18,22)(H,19,23). The lowest BCUT2D eigenvalue weighted by Gasteiger charge is -2.06. The first-order chi connectivity index (χ1) is 12.2. The minimum Gasteiger partial charge on any atom is -0.449 e. The number of ether oxygens (including phenoxy) is 1. The fourth-order valence-corrected chi connectivity index (χ4v) is 2.91. The van der Waals surface area contributed by atoms with Crippen molar-refractivity contribution in [3.05, 3.63) is 59.6 Å². The van der Waals surface area contributed by atoms with E-state index >= 15 is 0 Å². The van der Waals surface area contributed by atoms with Crippen molar-refractivity contribution in [2.45, 2.75) is 6.92 Å². The molecule has 0 fully saturated rings. The number of para-hydroxylation sites is 1. The molecule has 128 valence electrons. The van der Waals surface area contributed by atoms with Gasteiger partial charge >= 0.3 is 6.09 Å². The fourth-order valence-electron chi connectivity index (χ4n) is 2.19. The highest BCUT2D eigenvalue weighted by Crippen LogP contribution is 2.27. The highest BCUT2D eigenvalue weighted by atomic mass is 32.1. The number of rotatable bonds is 4. The molecule has 1 aromatic carbocycles. The Kier molecular flexibility index (Phi) is 5.10. The first kappa shape index (κ1) is 16.7. The van der Waals surface area contributed by atoms with Crippen LogP contribution < -0.4 is 10.9 Å². The summed E-state index contributed by atoms with van der Waals surface area (Å²) >= 11 is 1.48. The molecule has 3 rings (SSSR count). The molecule has 0 radical (unpaired) electrons. The van der Waals surface area contributed by atoms with E-state index in [0.717, 1.165) is 10.6 Å². The van der Waals surface area contributed by atoms with Gasteiger partial charge in [0, 0.05) is 6.20 Å². The fraction of sp³-hybridized carbons (Fsp3) is 0.118. The summed E-state index contributed by atoms with van der Waals surface area (Å²) in [5.74, 6) is -0.473. The number of nitrogens with one attached hydrogen (secondary N) is 2. The van der Waals surface area contributed by atoms with Crippen LogP contribution in [0.5, 0.6) is 0 Å². The summed E-state index contributed by atoms with van der Waals surface area (Å²) in [7, 11) is 0. The predicted molar refractivity (Wildman–Crippen MR) is 94.5 cm³/mol. The molecular formula is C17H16N4O3S. The molecule has 2 heterocycles. The Labute approximate surface area is 148 Å². The minimum absolute atomic E-state index is 0.216. The number of carbonyl (C=O) groups is 2. The van der Waals surface area contributed by atoms with Crippen LogP contribution in [-0.4, -0.2) is 28.4 Å². The highest BCUT2D eigenvalue weighted by molar-refractivity contribution is 7.13. The number of nitrogens with zero attached hydrogens (tertiary/aromatic N) is 2. The van der Waals surface area contributed by atoms with Crippen LogP contribution in [0.15, 0.2) is 54.0 Å².